The Balaban J connectivity index is 1.99. The van der Waals surface area contributed by atoms with Crippen molar-refractivity contribution in [1.29, 1.82) is 0 Å². The first-order valence-corrected chi connectivity index (χ1v) is 6.40. The van der Waals surface area contributed by atoms with E-state index in [0.717, 1.165) is 17.1 Å². The van der Waals surface area contributed by atoms with Crippen LogP contribution < -0.4 is 5.32 Å². The van der Waals surface area contributed by atoms with Crippen LogP contribution in [0.1, 0.15) is 16.1 Å². The van der Waals surface area contributed by atoms with Crippen LogP contribution >= 0.6 is 11.3 Å². The van der Waals surface area contributed by atoms with Crippen molar-refractivity contribution >= 4 is 17.2 Å². The molecule has 0 amide bonds. The molecule has 1 N–H and O–H groups in total. The number of ether oxygens (including phenoxy) is 1. The molecular formula is C12H17N3OS. The Bertz CT molecular complexity index is 476. The molecule has 5 heteroatoms. The first-order chi connectivity index (χ1) is 8.22. The molecule has 0 fully saturated rings. The number of aryl methyl sites for hydroxylation is 2. The average Bonchev–Trinajstić information content (AvgIpc) is 2.88. The molecule has 2 aromatic heterocycles. The summed E-state index contributed by atoms with van der Waals surface area (Å²) in [6.45, 7) is 3.26. The maximum absolute atomic E-state index is 5.72. The topological polar surface area (TPSA) is 39.1 Å². The second kappa shape index (κ2) is 5.33. The average molecular weight is 251 g/mol. The Morgan fingerprint density at radius 2 is 2.29 bits per heavy atom. The highest BCUT2D eigenvalue weighted by Crippen LogP contribution is 2.20. The number of hydrogen-bond donors (Lipinski definition) is 1. The van der Waals surface area contributed by atoms with Gasteiger partial charge in [0.2, 0.25) is 0 Å². The zero-order valence-corrected chi connectivity index (χ0v) is 11.2. The van der Waals surface area contributed by atoms with Crippen molar-refractivity contribution in [2.24, 2.45) is 7.05 Å². The Labute approximate surface area is 105 Å². The molecule has 0 bridgehead atoms. The van der Waals surface area contributed by atoms with Crippen molar-refractivity contribution in [2.45, 2.75) is 20.1 Å². The number of thiophene rings is 1. The minimum Gasteiger partial charge on any atom is -0.373 e. The Kier molecular flexibility index (Phi) is 3.81. The normalized spacial score (nSPS) is 10.8. The van der Waals surface area contributed by atoms with E-state index in [1.54, 1.807) is 11.3 Å². The molecule has 92 valence electrons. The van der Waals surface area contributed by atoms with Gasteiger partial charge in [-0.2, -0.15) is 5.10 Å². The van der Waals surface area contributed by atoms with E-state index in [9.17, 15) is 0 Å². The van der Waals surface area contributed by atoms with Crippen LogP contribution in [0.4, 0.5) is 5.82 Å². The second-order valence-corrected chi connectivity index (χ2v) is 4.89. The van der Waals surface area contributed by atoms with Gasteiger partial charge in [0.25, 0.3) is 0 Å². The fraction of sp³-hybridized carbons (Fsp3) is 0.417. The first-order valence-electron chi connectivity index (χ1n) is 5.52. The lowest BCUT2D eigenvalue weighted by molar-refractivity contribution is 0.109. The molecule has 0 atom stereocenters. The molecule has 17 heavy (non-hydrogen) atoms. The molecule has 4 nitrogen and oxygen atoms in total. The summed E-state index contributed by atoms with van der Waals surface area (Å²) in [6, 6.07) is 4.12. The smallest absolute Gasteiger partial charge is 0.129 e. The zero-order valence-electron chi connectivity index (χ0n) is 10.4. The van der Waals surface area contributed by atoms with Gasteiger partial charge in [0, 0.05) is 24.5 Å². The third-order valence-corrected chi connectivity index (χ3v) is 3.50. The van der Waals surface area contributed by atoms with Gasteiger partial charge in [-0.3, -0.25) is 4.68 Å². The third-order valence-electron chi connectivity index (χ3n) is 2.65. The fourth-order valence-corrected chi connectivity index (χ4v) is 2.48. The number of nitrogens with zero attached hydrogens (tertiary/aromatic N) is 2. The number of aromatic nitrogens is 2. The highest BCUT2D eigenvalue weighted by Gasteiger charge is 2.11. The van der Waals surface area contributed by atoms with Crippen molar-refractivity contribution in [3.8, 4) is 0 Å². The molecule has 0 saturated heterocycles. The van der Waals surface area contributed by atoms with Crippen LogP contribution in [-0.4, -0.2) is 16.8 Å². The van der Waals surface area contributed by atoms with E-state index in [0.29, 0.717) is 13.2 Å². The molecular weight excluding hydrogens is 234 g/mol. The van der Waals surface area contributed by atoms with E-state index >= 15 is 0 Å². The van der Waals surface area contributed by atoms with Crippen molar-refractivity contribution < 1.29 is 4.74 Å². The van der Waals surface area contributed by atoms with Gasteiger partial charge in [-0.05, 0) is 18.4 Å². The summed E-state index contributed by atoms with van der Waals surface area (Å²) >= 11 is 1.72. The second-order valence-electron chi connectivity index (χ2n) is 3.86. The lowest BCUT2D eigenvalue weighted by Gasteiger charge is -2.06. The standard InChI is InChI=1S/C12H17N3OS/c1-9-11(12(13-2)15(3)14-9)8-16-7-10-5-4-6-17-10/h4-6,13H,7-8H2,1-3H3. The molecule has 0 aliphatic rings. The Morgan fingerprint density at radius 1 is 1.47 bits per heavy atom. The van der Waals surface area contributed by atoms with Gasteiger partial charge in [-0.25, -0.2) is 0 Å². The van der Waals surface area contributed by atoms with Crippen molar-refractivity contribution in [3.05, 3.63) is 33.6 Å². The van der Waals surface area contributed by atoms with E-state index in [-0.39, 0.29) is 0 Å². The summed E-state index contributed by atoms with van der Waals surface area (Å²) in [5.74, 6) is 1.02. The quantitative estimate of drug-likeness (QED) is 0.887. The Hall–Kier alpha value is -1.33. The summed E-state index contributed by atoms with van der Waals surface area (Å²) in [5.41, 5.74) is 2.15. The predicted octanol–water partition coefficient (Wildman–Crippen LogP) is 2.55. The highest BCUT2D eigenvalue weighted by molar-refractivity contribution is 7.09. The van der Waals surface area contributed by atoms with Gasteiger partial charge < -0.3 is 10.1 Å². The first kappa shape index (κ1) is 12.1. The molecule has 0 unspecified atom stereocenters. The molecule has 0 radical (unpaired) electrons. The monoisotopic (exact) mass is 251 g/mol. The van der Waals surface area contributed by atoms with Crippen LogP contribution in [0.25, 0.3) is 0 Å². The summed E-state index contributed by atoms with van der Waals surface area (Å²) in [4.78, 5) is 1.25. The minimum absolute atomic E-state index is 0.591. The highest BCUT2D eigenvalue weighted by atomic mass is 32.1. The maximum Gasteiger partial charge on any atom is 0.129 e. The minimum atomic E-state index is 0.591. The summed E-state index contributed by atoms with van der Waals surface area (Å²) in [6.07, 6.45) is 0. The van der Waals surface area contributed by atoms with E-state index in [2.05, 4.69) is 21.9 Å². The predicted molar refractivity (Wildman–Crippen MR) is 70.3 cm³/mol. The van der Waals surface area contributed by atoms with E-state index in [1.165, 1.54) is 4.88 Å². The van der Waals surface area contributed by atoms with E-state index < -0.39 is 0 Å². The summed E-state index contributed by atoms with van der Waals surface area (Å²) < 4.78 is 7.56. The SMILES string of the molecule is CNc1c(COCc2cccs2)c(C)nn1C. The number of hydrogen-bond acceptors (Lipinski definition) is 4. The molecule has 0 spiro atoms. The van der Waals surface area contributed by atoms with Gasteiger partial charge in [-0.1, -0.05) is 6.07 Å². The van der Waals surface area contributed by atoms with Gasteiger partial charge in [0.15, 0.2) is 0 Å². The Morgan fingerprint density at radius 3 is 2.94 bits per heavy atom. The molecule has 0 aliphatic heterocycles. The molecule has 0 aliphatic carbocycles. The maximum atomic E-state index is 5.72. The van der Waals surface area contributed by atoms with Crippen LogP contribution in [0, 0.1) is 6.92 Å². The van der Waals surface area contributed by atoms with Crippen molar-refractivity contribution in [3.63, 3.8) is 0 Å². The largest absolute Gasteiger partial charge is 0.373 e. The summed E-state index contributed by atoms with van der Waals surface area (Å²) in [5, 5.41) is 9.59. The van der Waals surface area contributed by atoms with Gasteiger partial charge in [0.05, 0.1) is 18.9 Å². The van der Waals surface area contributed by atoms with Gasteiger partial charge in [-0.15, -0.1) is 11.3 Å². The zero-order chi connectivity index (χ0) is 12.3. The van der Waals surface area contributed by atoms with Crippen LogP contribution in [0.15, 0.2) is 17.5 Å². The van der Waals surface area contributed by atoms with Gasteiger partial charge >= 0.3 is 0 Å². The van der Waals surface area contributed by atoms with Crippen LogP contribution in [0.5, 0.6) is 0 Å². The number of rotatable bonds is 5. The molecule has 2 rings (SSSR count). The van der Waals surface area contributed by atoms with Crippen LogP contribution in [-0.2, 0) is 25.0 Å². The van der Waals surface area contributed by atoms with E-state index in [4.69, 9.17) is 4.74 Å². The van der Waals surface area contributed by atoms with Crippen molar-refractivity contribution in [1.82, 2.24) is 9.78 Å². The molecule has 0 aromatic carbocycles. The van der Waals surface area contributed by atoms with Crippen LogP contribution in [0.2, 0.25) is 0 Å². The third kappa shape index (κ3) is 2.68. The lowest BCUT2D eigenvalue weighted by Crippen LogP contribution is -2.02. The lowest BCUT2D eigenvalue weighted by atomic mass is 10.2. The van der Waals surface area contributed by atoms with Crippen LogP contribution in [0.3, 0.4) is 0 Å². The number of anilines is 1. The fourth-order valence-electron chi connectivity index (χ4n) is 1.84. The molecule has 0 saturated carbocycles. The van der Waals surface area contributed by atoms with Gasteiger partial charge in [0.1, 0.15) is 5.82 Å². The summed E-state index contributed by atoms with van der Waals surface area (Å²) in [7, 11) is 3.83. The number of nitrogens with one attached hydrogen (secondary N) is 1. The molecule has 2 aromatic rings. The van der Waals surface area contributed by atoms with E-state index in [1.807, 2.05) is 31.8 Å². The van der Waals surface area contributed by atoms with Crippen molar-refractivity contribution in [2.75, 3.05) is 12.4 Å². The molecule has 2 heterocycles.